The van der Waals surface area contributed by atoms with Gasteiger partial charge in [-0.1, -0.05) is 6.07 Å². The van der Waals surface area contributed by atoms with Gasteiger partial charge in [-0.05, 0) is 40.1 Å². The van der Waals surface area contributed by atoms with Gasteiger partial charge in [-0.3, -0.25) is 0 Å². The molecule has 0 spiro atoms. The summed E-state index contributed by atoms with van der Waals surface area (Å²) in [6.07, 6.45) is -4.71. The van der Waals surface area contributed by atoms with Crippen LogP contribution < -0.4 is 5.73 Å². The predicted octanol–water partition coefficient (Wildman–Crippen LogP) is 3.95. The van der Waals surface area contributed by atoms with Crippen molar-refractivity contribution in [3.63, 3.8) is 0 Å². The number of alkyl halides is 3. The molecule has 0 fully saturated rings. The smallest absolute Gasteiger partial charge is 0.320 e. The van der Waals surface area contributed by atoms with Crippen LogP contribution in [0.5, 0.6) is 0 Å². The Morgan fingerprint density at radius 1 is 1.11 bits per heavy atom. The Morgan fingerprint density at radius 3 is 2.39 bits per heavy atom. The summed E-state index contributed by atoms with van der Waals surface area (Å²) in [5.74, 6) is -1.29. The first kappa shape index (κ1) is 13.0. The Labute approximate surface area is 105 Å². The van der Waals surface area contributed by atoms with E-state index in [-0.39, 0.29) is 5.56 Å². The zero-order valence-corrected chi connectivity index (χ0v) is 9.86. The van der Waals surface area contributed by atoms with Gasteiger partial charge < -0.3 is 5.73 Å². The molecule has 2 rings (SSSR count). The first-order valence-electron chi connectivity index (χ1n) is 5.04. The van der Waals surface area contributed by atoms with Crippen molar-refractivity contribution < 1.29 is 17.6 Å². The van der Waals surface area contributed by atoms with Gasteiger partial charge in [-0.25, -0.2) is 4.39 Å². The quantitative estimate of drug-likeness (QED) is 0.825. The Morgan fingerprint density at radius 2 is 1.83 bits per heavy atom. The fourth-order valence-electron chi connectivity index (χ4n) is 1.60. The number of rotatable bonds is 2. The van der Waals surface area contributed by atoms with Crippen molar-refractivity contribution in [1.29, 1.82) is 0 Å². The van der Waals surface area contributed by atoms with E-state index in [0.29, 0.717) is 5.56 Å². The monoisotopic (exact) mass is 275 g/mol. The lowest BCUT2D eigenvalue weighted by Gasteiger charge is -2.14. The minimum Gasteiger partial charge on any atom is -0.320 e. The van der Waals surface area contributed by atoms with Crippen LogP contribution in [0.2, 0.25) is 0 Å². The van der Waals surface area contributed by atoms with E-state index in [9.17, 15) is 17.6 Å². The summed E-state index contributed by atoms with van der Waals surface area (Å²) in [5.41, 5.74) is 5.50. The summed E-state index contributed by atoms with van der Waals surface area (Å²) in [6, 6.07) is 3.87. The lowest BCUT2D eigenvalue weighted by molar-refractivity contribution is -0.140. The van der Waals surface area contributed by atoms with E-state index in [1.54, 1.807) is 16.8 Å². The second-order valence-corrected chi connectivity index (χ2v) is 4.55. The van der Waals surface area contributed by atoms with Gasteiger partial charge in [0.1, 0.15) is 5.82 Å². The lowest BCUT2D eigenvalue weighted by Crippen LogP contribution is -2.14. The van der Waals surface area contributed by atoms with Gasteiger partial charge in [-0.2, -0.15) is 24.5 Å². The third kappa shape index (κ3) is 2.54. The second-order valence-electron chi connectivity index (χ2n) is 3.77. The standard InChI is InChI=1S/C12H9F4NS/c13-10-2-1-7(5-9(10)12(14,15)16)11(17)8-3-4-18-6-8/h1-6,11H,17H2/t11-/m1/s1. The molecule has 96 valence electrons. The number of halogens is 4. The van der Waals surface area contributed by atoms with Crippen LogP contribution in [-0.2, 0) is 6.18 Å². The highest BCUT2D eigenvalue weighted by atomic mass is 32.1. The highest BCUT2D eigenvalue weighted by molar-refractivity contribution is 7.08. The minimum absolute atomic E-state index is 0.238. The third-order valence-electron chi connectivity index (χ3n) is 2.56. The molecule has 6 heteroatoms. The minimum atomic E-state index is -4.71. The average molecular weight is 275 g/mol. The van der Waals surface area contributed by atoms with Crippen molar-refractivity contribution in [3.05, 3.63) is 57.5 Å². The number of nitrogens with two attached hydrogens (primary N) is 1. The summed E-state index contributed by atoms with van der Waals surface area (Å²) in [4.78, 5) is 0. The number of thiophene rings is 1. The van der Waals surface area contributed by atoms with Gasteiger partial charge in [0.15, 0.2) is 0 Å². The molecule has 0 saturated carbocycles. The van der Waals surface area contributed by atoms with E-state index in [0.717, 1.165) is 12.1 Å². The summed E-state index contributed by atoms with van der Waals surface area (Å²) in [6.45, 7) is 0. The van der Waals surface area contributed by atoms with Gasteiger partial charge in [0.2, 0.25) is 0 Å². The van der Waals surface area contributed by atoms with E-state index in [2.05, 4.69) is 0 Å². The number of hydrogen-bond acceptors (Lipinski definition) is 2. The molecule has 0 aliphatic heterocycles. The molecular weight excluding hydrogens is 266 g/mol. The summed E-state index contributed by atoms with van der Waals surface area (Å²) in [5, 5.41) is 3.53. The van der Waals surface area contributed by atoms with Gasteiger partial charge in [-0.15, -0.1) is 0 Å². The Balaban J connectivity index is 2.42. The van der Waals surface area contributed by atoms with Gasteiger partial charge in [0, 0.05) is 0 Å². The molecule has 0 unspecified atom stereocenters. The largest absolute Gasteiger partial charge is 0.419 e. The molecule has 0 aliphatic carbocycles. The van der Waals surface area contributed by atoms with Crippen molar-refractivity contribution in [2.45, 2.75) is 12.2 Å². The topological polar surface area (TPSA) is 26.0 Å². The maximum Gasteiger partial charge on any atom is 0.419 e. The molecule has 1 nitrogen and oxygen atoms in total. The summed E-state index contributed by atoms with van der Waals surface area (Å²) in [7, 11) is 0. The SMILES string of the molecule is N[C@@H](c1ccsc1)c1ccc(F)c(C(F)(F)F)c1. The molecule has 0 amide bonds. The van der Waals surface area contributed by atoms with E-state index >= 15 is 0 Å². The van der Waals surface area contributed by atoms with Crippen molar-refractivity contribution in [3.8, 4) is 0 Å². The molecular formula is C12H9F4NS. The highest BCUT2D eigenvalue weighted by Crippen LogP contribution is 2.33. The second kappa shape index (κ2) is 4.70. The van der Waals surface area contributed by atoms with Crippen molar-refractivity contribution >= 4 is 11.3 Å². The molecule has 1 aromatic heterocycles. The Hall–Kier alpha value is -1.40. The Bertz CT molecular complexity index is 534. The first-order valence-corrected chi connectivity index (χ1v) is 5.98. The fraction of sp³-hybridized carbons (Fsp3) is 0.167. The normalized spacial score (nSPS) is 13.6. The van der Waals surface area contributed by atoms with Crippen LogP contribution in [0.15, 0.2) is 35.0 Å². The predicted molar refractivity (Wildman–Crippen MR) is 61.8 cm³/mol. The Kier molecular flexibility index (Phi) is 3.41. The zero-order valence-electron chi connectivity index (χ0n) is 9.04. The van der Waals surface area contributed by atoms with Crippen LogP contribution in [0, 0.1) is 5.82 Å². The maximum absolute atomic E-state index is 13.1. The molecule has 0 bridgehead atoms. The van der Waals surface area contributed by atoms with Crippen LogP contribution in [-0.4, -0.2) is 0 Å². The molecule has 2 aromatic rings. The number of benzene rings is 1. The molecule has 1 atom stereocenters. The van der Waals surface area contributed by atoms with Crippen LogP contribution in [0.25, 0.3) is 0 Å². The molecule has 1 aromatic carbocycles. The maximum atomic E-state index is 13.1. The van der Waals surface area contributed by atoms with Crippen molar-refractivity contribution in [2.75, 3.05) is 0 Å². The van der Waals surface area contributed by atoms with E-state index in [1.165, 1.54) is 17.4 Å². The molecule has 1 heterocycles. The van der Waals surface area contributed by atoms with Gasteiger partial charge in [0.05, 0.1) is 11.6 Å². The van der Waals surface area contributed by atoms with E-state index in [4.69, 9.17) is 5.73 Å². The molecule has 0 radical (unpaired) electrons. The third-order valence-corrected chi connectivity index (χ3v) is 3.26. The van der Waals surface area contributed by atoms with Crippen molar-refractivity contribution in [2.24, 2.45) is 5.73 Å². The van der Waals surface area contributed by atoms with Crippen LogP contribution in [0.3, 0.4) is 0 Å². The molecule has 0 aliphatic rings. The average Bonchev–Trinajstić information content (AvgIpc) is 2.80. The molecule has 18 heavy (non-hydrogen) atoms. The summed E-state index contributed by atoms with van der Waals surface area (Å²) < 4.78 is 50.8. The van der Waals surface area contributed by atoms with E-state index < -0.39 is 23.6 Å². The van der Waals surface area contributed by atoms with Crippen LogP contribution >= 0.6 is 11.3 Å². The molecule has 2 N–H and O–H groups in total. The number of hydrogen-bond donors (Lipinski definition) is 1. The molecule has 0 saturated heterocycles. The van der Waals surface area contributed by atoms with E-state index in [1.807, 2.05) is 0 Å². The van der Waals surface area contributed by atoms with Gasteiger partial charge in [0.25, 0.3) is 0 Å². The van der Waals surface area contributed by atoms with Crippen LogP contribution in [0.4, 0.5) is 17.6 Å². The van der Waals surface area contributed by atoms with Crippen molar-refractivity contribution in [1.82, 2.24) is 0 Å². The summed E-state index contributed by atoms with van der Waals surface area (Å²) >= 11 is 1.40. The lowest BCUT2D eigenvalue weighted by atomic mass is 10.00. The first-order chi connectivity index (χ1) is 8.39. The van der Waals surface area contributed by atoms with Gasteiger partial charge >= 0.3 is 6.18 Å². The highest BCUT2D eigenvalue weighted by Gasteiger charge is 2.34. The van der Waals surface area contributed by atoms with Crippen LogP contribution in [0.1, 0.15) is 22.7 Å². The fourth-order valence-corrected chi connectivity index (χ4v) is 2.29. The zero-order chi connectivity index (χ0) is 13.3.